The summed E-state index contributed by atoms with van der Waals surface area (Å²) in [6, 6.07) is 13.2. The van der Waals surface area contributed by atoms with Crippen LogP contribution in [0.25, 0.3) is 0 Å². The van der Waals surface area contributed by atoms with Gasteiger partial charge in [0.25, 0.3) is 0 Å². The fourth-order valence-electron chi connectivity index (χ4n) is 2.69. The van der Waals surface area contributed by atoms with Gasteiger partial charge in [0, 0.05) is 18.8 Å². The van der Waals surface area contributed by atoms with E-state index in [1.807, 2.05) is 0 Å². The first-order chi connectivity index (χ1) is 10.0. The molecule has 0 saturated carbocycles. The highest BCUT2D eigenvalue weighted by Crippen LogP contribution is 2.25. The molecule has 0 amide bonds. The van der Waals surface area contributed by atoms with E-state index in [1.54, 1.807) is 7.11 Å². The minimum Gasteiger partial charge on any atom is -0.380 e. The molecule has 0 fully saturated rings. The lowest BCUT2D eigenvalue weighted by atomic mass is 9.96. The standard InChI is InChI=1S/C19H25NO/c1-13-9-15(3)19(10-14(13)2)16(4)20-18-8-6-7-17(11-18)12-21-5/h6-11,16,20H,12H2,1-5H3. The van der Waals surface area contributed by atoms with Crippen molar-refractivity contribution in [2.24, 2.45) is 0 Å². The van der Waals surface area contributed by atoms with Gasteiger partial charge >= 0.3 is 0 Å². The van der Waals surface area contributed by atoms with E-state index in [1.165, 1.54) is 27.8 Å². The molecule has 0 saturated heterocycles. The predicted molar refractivity (Wildman–Crippen MR) is 89.8 cm³/mol. The van der Waals surface area contributed by atoms with Gasteiger partial charge < -0.3 is 10.1 Å². The van der Waals surface area contributed by atoms with Crippen molar-refractivity contribution in [2.75, 3.05) is 12.4 Å². The Morgan fingerprint density at radius 3 is 2.43 bits per heavy atom. The number of hydrogen-bond donors (Lipinski definition) is 1. The fourth-order valence-corrected chi connectivity index (χ4v) is 2.69. The third-order valence-electron chi connectivity index (χ3n) is 3.97. The van der Waals surface area contributed by atoms with Crippen LogP contribution in [0, 0.1) is 20.8 Å². The fraction of sp³-hybridized carbons (Fsp3) is 0.368. The van der Waals surface area contributed by atoms with Gasteiger partial charge in [0.05, 0.1) is 6.61 Å². The molecule has 21 heavy (non-hydrogen) atoms. The highest BCUT2D eigenvalue weighted by atomic mass is 16.5. The number of anilines is 1. The zero-order chi connectivity index (χ0) is 15.4. The molecule has 0 heterocycles. The first-order valence-electron chi connectivity index (χ1n) is 7.43. The Balaban J connectivity index is 2.19. The van der Waals surface area contributed by atoms with Crippen LogP contribution in [0.5, 0.6) is 0 Å². The van der Waals surface area contributed by atoms with E-state index in [4.69, 9.17) is 4.74 Å². The second kappa shape index (κ2) is 6.77. The van der Waals surface area contributed by atoms with E-state index in [-0.39, 0.29) is 6.04 Å². The van der Waals surface area contributed by atoms with Crippen molar-refractivity contribution in [3.63, 3.8) is 0 Å². The second-order valence-corrected chi connectivity index (χ2v) is 5.79. The molecule has 2 heteroatoms. The van der Waals surface area contributed by atoms with E-state index in [2.05, 4.69) is 69.4 Å². The number of benzene rings is 2. The van der Waals surface area contributed by atoms with Crippen LogP contribution in [0.1, 0.15) is 40.8 Å². The Labute approximate surface area is 128 Å². The van der Waals surface area contributed by atoms with Gasteiger partial charge in [0.1, 0.15) is 0 Å². The lowest BCUT2D eigenvalue weighted by molar-refractivity contribution is 0.185. The largest absolute Gasteiger partial charge is 0.380 e. The summed E-state index contributed by atoms with van der Waals surface area (Å²) in [5, 5.41) is 3.59. The summed E-state index contributed by atoms with van der Waals surface area (Å²) in [6.07, 6.45) is 0. The van der Waals surface area contributed by atoms with E-state index in [0.29, 0.717) is 6.61 Å². The number of aryl methyl sites for hydroxylation is 3. The third kappa shape index (κ3) is 3.85. The average molecular weight is 283 g/mol. The van der Waals surface area contributed by atoms with Crippen molar-refractivity contribution in [3.8, 4) is 0 Å². The Bertz CT molecular complexity index is 619. The lowest BCUT2D eigenvalue weighted by Crippen LogP contribution is -2.09. The molecule has 0 bridgehead atoms. The topological polar surface area (TPSA) is 21.3 Å². The summed E-state index contributed by atoms with van der Waals surface area (Å²) >= 11 is 0. The van der Waals surface area contributed by atoms with Crippen LogP contribution < -0.4 is 5.32 Å². The Hall–Kier alpha value is -1.80. The van der Waals surface area contributed by atoms with Crippen LogP contribution in [-0.2, 0) is 11.3 Å². The monoisotopic (exact) mass is 283 g/mol. The van der Waals surface area contributed by atoms with Gasteiger partial charge in [0.2, 0.25) is 0 Å². The molecule has 2 aromatic rings. The van der Waals surface area contributed by atoms with Gasteiger partial charge in [-0.25, -0.2) is 0 Å². The number of ether oxygens (including phenoxy) is 1. The van der Waals surface area contributed by atoms with Crippen LogP contribution in [0.3, 0.4) is 0 Å². The zero-order valence-electron chi connectivity index (χ0n) is 13.7. The Kier molecular flexibility index (Phi) is 5.03. The molecule has 0 aliphatic rings. The van der Waals surface area contributed by atoms with Gasteiger partial charge in [-0.3, -0.25) is 0 Å². The maximum atomic E-state index is 5.19. The lowest BCUT2D eigenvalue weighted by Gasteiger charge is -2.20. The van der Waals surface area contributed by atoms with Gasteiger partial charge in [-0.1, -0.05) is 24.3 Å². The van der Waals surface area contributed by atoms with E-state index >= 15 is 0 Å². The number of rotatable bonds is 5. The summed E-state index contributed by atoms with van der Waals surface area (Å²) in [5.41, 5.74) is 7.71. The number of hydrogen-bond acceptors (Lipinski definition) is 2. The maximum Gasteiger partial charge on any atom is 0.0713 e. The molecule has 0 aliphatic heterocycles. The SMILES string of the molecule is COCc1cccc(NC(C)c2cc(C)c(C)cc2C)c1. The van der Waals surface area contributed by atoms with Crippen LogP contribution in [0.2, 0.25) is 0 Å². The molecule has 0 radical (unpaired) electrons. The first kappa shape index (κ1) is 15.6. The van der Waals surface area contributed by atoms with Crippen molar-refractivity contribution in [3.05, 3.63) is 64.2 Å². The van der Waals surface area contributed by atoms with E-state index < -0.39 is 0 Å². The Morgan fingerprint density at radius 1 is 1.00 bits per heavy atom. The van der Waals surface area contributed by atoms with Crippen molar-refractivity contribution in [1.29, 1.82) is 0 Å². The van der Waals surface area contributed by atoms with Crippen LogP contribution in [-0.4, -0.2) is 7.11 Å². The molecule has 1 unspecified atom stereocenters. The van der Waals surface area contributed by atoms with E-state index in [0.717, 1.165) is 5.69 Å². The van der Waals surface area contributed by atoms with Crippen LogP contribution >= 0.6 is 0 Å². The molecule has 1 N–H and O–H groups in total. The molecule has 0 aromatic heterocycles. The molecule has 112 valence electrons. The second-order valence-electron chi connectivity index (χ2n) is 5.79. The predicted octanol–water partition coefficient (Wildman–Crippen LogP) is 4.93. The molecule has 1 atom stereocenters. The summed E-state index contributed by atoms with van der Waals surface area (Å²) in [4.78, 5) is 0. The van der Waals surface area contributed by atoms with Crippen LogP contribution in [0.4, 0.5) is 5.69 Å². The minimum atomic E-state index is 0.280. The molecular formula is C19H25NO. The quantitative estimate of drug-likeness (QED) is 0.840. The minimum absolute atomic E-state index is 0.280. The third-order valence-corrected chi connectivity index (χ3v) is 3.97. The highest BCUT2D eigenvalue weighted by molar-refractivity contribution is 5.49. The van der Waals surface area contributed by atoms with Crippen molar-refractivity contribution in [1.82, 2.24) is 0 Å². The van der Waals surface area contributed by atoms with Gasteiger partial charge in [-0.2, -0.15) is 0 Å². The zero-order valence-corrected chi connectivity index (χ0v) is 13.7. The Morgan fingerprint density at radius 2 is 1.71 bits per heavy atom. The normalized spacial score (nSPS) is 12.2. The summed E-state index contributed by atoms with van der Waals surface area (Å²) in [6.45, 7) is 9.37. The summed E-state index contributed by atoms with van der Waals surface area (Å²) < 4.78 is 5.19. The van der Waals surface area contributed by atoms with Gasteiger partial charge in [0.15, 0.2) is 0 Å². The van der Waals surface area contributed by atoms with Crippen LogP contribution in [0.15, 0.2) is 36.4 Å². The number of methoxy groups -OCH3 is 1. The first-order valence-corrected chi connectivity index (χ1v) is 7.43. The van der Waals surface area contributed by atoms with Crippen molar-refractivity contribution < 1.29 is 4.74 Å². The molecule has 2 rings (SSSR count). The number of nitrogens with one attached hydrogen (secondary N) is 1. The smallest absolute Gasteiger partial charge is 0.0713 e. The summed E-state index contributed by atoms with van der Waals surface area (Å²) in [5.74, 6) is 0. The maximum absolute atomic E-state index is 5.19. The molecule has 2 aromatic carbocycles. The molecule has 0 spiro atoms. The summed E-state index contributed by atoms with van der Waals surface area (Å²) in [7, 11) is 1.72. The van der Waals surface area contributed by atoms with Crippen molar-refractivity contribution in [2.45, 2.75) is 40.3 Å². The van der Waals surface area contributed by atoms with E-state index in [9.17, 15) is 0 Å². The van der Waals surface area contributed by atoms with Gasteiger partial charge in [-0.05, 0) is 67.6 Å². The average Bonchev–Trinajstić information content (AvgIpc) is 2.43. The van der Waals surface area contributed by atoms with Gasteiger partial charge in [-0.15, -0.1) is 0 Å². The highest BCUT2D eigenvalue weighted by Gasteiger charge is 2.10. The molecule has 0 aliphatic carbocycles. The molecule has 2 nitrogen and oxygen atoms in total. The van der Waals surface area contributed by atoms with Crippen molar-refractivity contribution >= 4 is 5.69 Å². The molecular weight excluding hydrogens is 258 g/mol.